The maximum absolute atomic E-state index is 12.6. The summed E-state index contributed by atoms with van der Waals surface area (Å²) in [5, 5.41) is 11.0. The third-order valence-electron chi connectivity index (χ3n) is 5.16. The summed E-state index contributed by atoms with van der Waals surface area (Å²) in [5.41, 5.74) is 0.592. The van der Waals surface area contributed by atoms with Gasteiger partial charge in [0.15, 0.2) is 5.75 Å². The van der Waals surface area contributed by atoms with Crippen LogP contribution >= 0.6 is 0 Å². The summed E-state index contributed by atoms with van der Waals surface area (Å²) in [6.45, 7) is 2.35. The van der Waals surface area contributed by atoms with E-state index in [4.69, 9.17) is 14.2 Å². The highest BCUT2D eigenvalue weighted by atomic mass is 16.6. The lowest BCUT2D eigenvalue weighted by atomic mass is 10.1. The first-order valence-corrected chi connectivity index (χ1v) is 11.2. The lowest BCUT2D eigenvalue weighted by Gasteiger charge is -2.10. The number of esters is 2. The van der Waals surface area contributed by atoms with E-state index in [1.54, 1.807) is 12.1 Å². The van der Waals surface area contributed by atoms with Crippen molar-refractivity contribution < 1.29 is 28.7 Å². The van der Waals surface area contributed by atoms with E-state index in [1.807, 2.05) is 0 Å². The minimum absolute atomic E-state index is 0.0721. The molecule has 0 spiro atoms. The lowest BCUT2D eigenvalue weighted by Crippen LogP contribution is -2.14. The molecule has 0 atom stereocenters. The number of hydrogen-bond acceptors (Lipinski definition) is 7. The van der Waals surface area contributed by atoms with Crippen LogP contribution in [0.1, 0.15) is 78.1 Å². The van der Waals surface area contributed by atoms with Gasteiger partial charge in [-0.05, 0) is 36.2 Å². The number of benzene rings is 2. The highest BCUT2D eigenvalue weighted by Crippen LogP contribution is 2.28. The first kappa shape index (κ1) is 25.8. The normalized spacial score (nSPS) is 10.5. The molecule has 0 aliphatic rings. The van der Waals surface area contributed by atoms with Crippen molar-refractivity contribution in [2.75, 3.05) is 13.7 Å². The molecule has 0 amide bonds. The molecule has 2 rings (SSSR count). The van der Waals surface area contributed by atoms with E-state index >= 15 is 0 Å². The van der Waals surface area contributed by atoms with Crippen LogP contribution in [0.2, 0.25) is 0 Å². The van der Waals surface area contributed by atoms with Crippen molar-refractivity contribution in [3.63, 3.8) is 0 Å². The summed E-state index contributed by atoms with van der Waals surface area (Å²) in [7, 11) is 1.33. The van der Waals surface area contributed by atoms with E-state index in [9.17, 15) is 19.7 Å². The molecule has 0 bridgehead atoms. The third kappa shape index (κ3) is 8.21. The largest absolute Gasteiger partial charge is 0.490 e. The molecule has 8 nitrogen and oxygen atoms in total. The molecular formula is C25H31NO7. The number of nitro groups is 1. The maximum atomic E-state index is 12.6. The number of nitro benzene ring substituents is 1. The maximum Gasteiger partial charge on any atom is 0.339 e. The van der Waals surface area contributed by atoms with E-state index in [0.717, 1.165) is 19.3 Å². The Morgan fingerprint density at radius 2 is 1.48 bits per heavy atom. The molecule has 0 saturated carbocycles. The monoisotopic (exact) mass is 457 g/mol. The van der Waals surface area contributed by atoms with Gasteiger partial charge in [0, 0.05) is 6.07 Å². The number of methoxy groups -OCH3 is 1. The van der Waals surface area contributed by atoms with Crippen LogP contribution in [0.5, 0.6) is 5.75 Å². The number of carbonyl (C=O) groups excluding carboxylic acids is 2. The summed E-state index contributed by atoms with van der Waals surface area (Å²) >= 11 is 0. The average Bonchev–Trinajstić information content (AvgIpc) is 2.83. The third-order valence-corrected chi connectivity index (χ3v) is 5.16. The molecule has 0 aliphatic heterocycles. The average molecular weight is 458 g/mol. The Labute approximate surface area is 194 Å². The molecule has 0 fully saturated rings. The molecule has 33 heavy (non-hydrogen) atoms. The minimum atomic E-state index is -0.684. The number of carbonyl (C=O) groups is 2. The van der Waals surface area contributed by atoms with Crippen LogP contribution in [0.25, 0.3) is 0 Å². The summed E-state index contributed by atoms with van der Waals surface area (Å²) in [6.07, 6.45) is 7.79. The molecule has 0 unspecified atom stereocenters. The summed E-state index contributed by atoms with van der Waals surface area (Å²) in [4.78, 5) is 35.6. The Hall–Kier alpha value is -3.42. The lowest BCUT2D eigenvalue weighted by molar-refractivity contribution is -0.385. The Kier molecular flexibility index (Phi) is 10.9. The van der Waals surface area contributed by atoms with E-state index in [0.29, 0.717) is 12.2 Å². The first-order chi connectivity index (χ1) is 16.0. The Balaban J connectivity index is 1.90. The van der Waals surface area contributed by atoms with Crippen LogP contribution in [0.3, 0.4) is 0 Å². The smallest absolute Gasteiger partial charge is 0.339 e. The minimum Gasteiger partial charge on any atom is -0.490 e. The fourth-order valence-electron chi connectivity index (χ4n) is 3.33. The summed E-state index contributed by atoms with van der Waals surface area (Å²) < 4.78 is 15.7. The van der Waals surface area contributed by atoms with Crippen molar-refractivity contribution in [1.29, 1.82) is 0 Å². The molecule has 0 saturated heterocycles. The van der Waals surface area contributed by atoms with Gasteiger partial charge >= 0.3 is 17.6 Å². The van der Waals surface area contributed by atoms with Crippen LogP contribution in [-0.4, -0.2) is 30.6 Å². The number of hydrogen-bond donors (Lipinski definition) is 0. The highest BCUT2D eigenvalue weighted by molar-refractivity contribution is 6.03. The zero-order valence-corrected chi connectivity index (χ0v) is 19.2. The van der Waals surface area contributed by atoms with Gasteiger partial charge < -0.3 is 14.2 Å². The summed E-state index contributed by atoms with van der Waals surface area (Å²) in [6, 6.07) is 10.5. The van der Waals surface area contributed by atoms with Crippen LogP contribution < -0.4 is 4.74 Å². The first-order valence-electron chi connectivity index (χ1n) is 11.2. The number of ether oxygens (including phenoxy) is 3. The quantitative estimate of drug-likeness (QED) is 0.151. The van der Waals surface area contributed by atoms with Crippen LogP contribution in [0.15, 0.2) is 42.5 Å². The molecule has 8 heteroatoms. The molecular weight excluding hydrogens is 426 g/mol. The van der Waals surface area contributed by atoms with Gasteiger partial charge in [0.1, 0.15) is 6.61 Å². The zero-order valence-electron chi connectivity index (χ0n) is 19.2. The Bertz CT molecular complexity index is 942. The Morgan fingerprint density at radius 3 is 2.09 bits per heavy atom. The fraction of sp³-hybridized carbons (Fsp3) is 0.440. The van der Waals surface area contributed by atoms with Crippen LogP contribution in [-0.2, 0) is 16.1 Å². The second-order valence-electron chi connectivity index (χ2n) is 7.64. The molecule has 0 aliphatic carbocycles. The standard InChI is InChI=1S/C25H31NO7/c1-3-4-5-6-7-8-11-16-32-24(27)20-12-9-10-13-21(20)25(28)33-18-19-14-15-22(26(29)30)23(17-19)31-2/h9-10,12-15,17H,3-8,11,16,18H2,1-2H3. The van der Waals surface area contributed by atoms with E-state index in [2.05, 4.69) is 6.92 Å². The number of unbranched alkanes of at least 4 members (excludes halogenated alkanes) is 6. The van der Waals surface area contributed by atoms with Crippen molar-refractivity contribution in [2.24, 2.45) is 0 Å². The van der Waals surface area contributed by atoms with Gasteiger partial charge in [0.25, 0.3) is 0 Å². The van der Waals surface area contributed by atoms with Gasteiger partial charge in [-0.3, -0.25) is 10.1 Å². The van der Waals surface area contributed by atoms with Crippen molar-refractivity contribution in [3.8, 4) is 5.75 Å². The van der Waals surface area contributed by atoms with Gasteiger partial charge in [-0.15, -0.1) is 0 Å². The van der Waals surface area contributed by atoms with Gasteiger partial charge in [0.2, 0.25) is 0 Å². The van der Waals surface area contributed by atoms with Gasteiger partial charge in [-0.25, -0.2) is 9.59 Å². The SMILES string of the molecule is CCCCCCCCCOC(=O)c1ccccc1C(=O)OCc1ccc([N+](=O)[O-])c(OC)c1. The van der Waals surface area contributed by atoms with E-state index in [1.165, 1.54) is 63.1 Å². The van der Waals surface area contributed by atoms with E-state index < -0.39 is 16.9 Å². The van der Waals surface area contributed by atoms with Crippen molar-refractivity contribution in [2.45, 2.75) is 58.5 Å². The van der Waals surface area contributed by atoms with Gasteiger partial charge in [0.05, 0.1) is 29.8 Å². The Morgan fingerprint density at radius 1 is 0.879 bits per heavy atom. The summed E-state index contributed by atoms with van der Waals surface area (Å²) in [5.74, 6) is -1.18. The van der Waals surface area contributed by atoms with Crippen molar-refractivity contribution >= 4 is 17.6 Å². The van der Waals surface area contributed by atoms with Crippen molar-refractivity contribution in [1.82, 2.24) is 0 Å². The predicted octanol–water partition coefficient (Wildman–Crippen LogP) is 5.87. The van der Waals surface area contributed by atoms with Gasteiger partial charge in [-0.1, -0.05) is 57.6 Å². The second kappa shape index (κ2) is 13.9. The number of nitrogens with zero attached hydrogens (tertiary/aromatic N) is 1. The highest BCUT2D eigenvalue weighted by Gasteiger charge is 2.20. The topological polar surface area (TPSA) is 105 Å². The molecule has 0 N–H and O–H groups in total. The van der Waals surface area contributed by atoms with Crippen molar-refractivity contribution in [3.05, 3.63) is 69.3 Å². The molecule has 2 aromatic rings. The second-order valence-corrected chi connectivity index (χ2v) is 7.64. The zero-order chi connectivity index (χ0) is 24.1. The van der Waals surface area contributed by atoms with E-state index in [-0.39, 0.29) is 29.2 Å². The molecule has 0 heterocycles. The fourth-order valence-corrected chi connectivity index (χ4v) is 3.33. The predicted molar refractivity (Wildman–Crippen MR) is 123 cm³/mol. The van der Waals surface area contributed by atoms with Crippen LogP contribution in [0, 0.1) is 10.1 Å². The molecule has 0 radical (unpaired) electrons. The molecule has 0 aromatic heterocycles. The van der Waals surface area contributed by atoms with Gasteiger partial charge in [-0.2, -0.15) is 0 Å². The number of rotatable bonds is 14. The molecule has 178 valence electrons. The van der Waals surface area contributed by atoms with Crippen LogP contribution in [0.4, 0.5) is 5.69 Å². The molecule has 2 aromatic carbocycles.